The molecule has 0 atom stereocenters. The van der Waals surface area contributed by atoms with Crippen LogP contribution in [0.1, 0.15) is 24.0 Å². The summed E-state index contributed by atoms with van der Waals surface area (Å²) < 4.78 is 0. The number of nitrogens with zero attached hydrogens (tertiary/aromatic N) is 1. The van der Waals surface area contributed by atoms with Crippen LogP contribution in [0.4, 0.5) is 5.69 Å². The second-order valence-electron chi connectivity index (χ2n) is 7.63. The van der Waals surface area contributed by atoms with Gasteiger partial charge in [-0.15, -0.1) is 0 Å². The molecule has 0 fully saturated rings. The number of nitro benzene ring substituents is 1. The van der Waals surface area contributed by atoms with Crippen molar-refractivity contribution in [1.29, 1.82) is 0 Å². The smallest absolute Gasteiger partial charge is 0.258 e. The summed E-state index contributed by atoms with van der Waals surface area (Å²) in [4.78, 5) is 10.8. The third-order valence-corrected chi connectivity index (χ3v) is 5.97. The highest BCUT2D eigenvalue weighted by atomic mass is 16.6. The summed E-state index contributed by atoms with van der Waals surface area (Å²) in [7, 11) is 0. The molecule has 0 amide bonds. The number of hydrogen-bond donors (Lipinski definition) is 0. The largest absolute Gasteiger partial charge is 0.269 e. The zero-order valence-electron chi connectivity index (χ0n) is 16.1. The number of rotatable bonds is 3. The van der Waals surface area contributed by atoms with Crippen molar-refractivity contribution in [3.05, 3.63) is 100 Å². The van der Waals surface area contributed by atoms with E-state index in [0.29, 0.717) is 0 Å². The van der Waals surface area contributed by atoms with E-state index in [4.69, 9.17) is 0 Å². The fraction of sp³-hybridized carbons (Fsp3) is 0.154. The van der Waals surface area contributed by atoms with E-state index < -0.39 is 0 Å². The maximum Gasteiger partial charge on any atom is 0.269 e. The van der Waals surface area contributed by atoms with Crippen LogP contribution >= 0.6 is 0 Å². The highest BCUT2D eigenvalue weighted by molar-refractivity contribution is 6.08. The Bertz CT molecular complexity index is 1210. The van der Waals surface area contributed by atoms with E-state index in [1.807, 2.05) is 12.1 Å². The standard InChI is InChI=1S/C26H21NO2/c28-27(29)20-16-14-19(15-17-20)26-23-12-6-4-10-21(23)25(18-8-2-1-3-9-18)22-11-5-7-13-24(22)26/h1-4,6,8-10,12,14-17H,5,7,11,13H2. The van der Waals surface area contributed by atoms with Crippen LogP contribution in [0.5, 0.6) is 0 Å². The van der Waals surface area contributed by atoms with Crippen molar-refractivity contribution in [3.63, 3.8) is 0 Å². The predicted octanol–water partition coefficient (Wildman–Crippen LogP) is 6.96. The second kappa shape index (κ2) is 7.17. The van der Waals surface area contributed by atoms with Gasteiger partial charge in [-0.3, -0.25) is 10.1 Å². The van der Waals surface area contributed by atoms with Gasteiger partial charge >= 0.3 is 0 Å². The molecular weight excluding hydrogens is 358 g/mol. The van der Waals surface area contributed by atoms with Crippen LogP contribution in [0.15, 0.2) is 78.9 Å². The van der Waals surface area contributed by atoms with Gasteiger partial charge in [0, 0.05) is 12.1 Å². The molecule has 1 aliphatic rings. The molecular formula is C26H21NO2. The minimum atomic E-state index is -0.337. The molecule has 0 radical (unpaired) electrons. The molecule has 0 N–H and O–H groups in total. The topological polar surface area (TPSA) is 43.1 Å². The van der Waals surface area contributed by atoms with Crippen LogP contribution in [0.25, 0.3) is 33.0 Å². The highest BCUT2D eigenvalue weighted by Gasteiger charge is 2.23. The lowest BCUT2D eigenvalue weighted by atomic mass is 9.78. The van der Waals surface area contributed by atoms with Crippen LogP contribution in [0, 0.1) is 10.1 Å². The van der Waals surface area contributed by atoms with E-state index in [1.165, 1.54) is 51.4 Å². The average Bonchev–Trinajstić information content (AvgIpc) is 2.78. The summed E-state index contributed by atoms with van der Waals surface area (Å²) in [5, 5.41) is 13.6. The lowest BCUT2D eigenvalue weighted by molar-refractivity contribution is -0.384. The first-order valence-electron chi connectivity index (χ1n) is 10.1. The summed E-state index contributed by atoms with van der Waals surface area (Å²) in [5.74, 6) is 0. The average molecular weight is 379 g/mol. The monoisotopic (exact) mass is 379 g/mol. The maximum atomic E-state index is 11.1. The Labute approximate surface area is 169 Å². The van der Waals surface area contributed by atoms with Gasteiger partial charge in [0.25, 0.3) is 5.69 Å². The van der Waals surface area contributed by atoms with Crippen LogP contribution in [0.3, 0.4) is 0 Å². The SMILES string of the molecule is O=[N+]([O-])c1ccc(-c2c3c(c(-c4ccccc4)c4ccccc24)CCCC3)cc1. The summed E-state index contributed by atoms with van der Waals surface area (Å²) in [6, 6.07) is 26.3. The molecule has 0 unspecified atom stereocenters. The Morgan fingerprint density at radius 3 is 1.62 bits per heavy atom. The first-order valence-corrected chi connectivity index (χ1v) is 10.1. The lowest BCUT2D eigenvalue weighted by Crippen LogP contribution is -2.08. The minimum Gasteiger partial charge on any atom is -0.258 e. The summed E-state index contributed by atoms with van der Waals surface area (Å²) >= 11 is 0. The quantitative estimate of drug-likeness (QED) is 0.285. The third-order valence-electron chi connectivity index (χ3n) is 5.97. The van der Waals surface area contributed by atoms with E-state index in [9.17, 15) is 10.1 Å². The predicted molar refractivity (Wildman–Crippen MR) is 118 cm³/mol. The molecule has 4 aromatic rings. The molecule has 0 spiro atoms. The summed E-state index contributed by atoms with van der Waals surface area (Å²) in [6.45, 7) is 0. The van der Waals surface area contributed by atoms with Gasteiger partial charge in [-0.2, -0.15) is 0 Å². The summed E-state index contributed by atoms with van der Waals surface area (Å²) in [5.41, 5.74) is 7.89. The van der Waals surface area contributed by atoms with Crippen molar-refractivity contribution in [2.45, 2.75) is 25.7 Å². The fourth-order valence-corrected chi connectivity index (χ4v) is 4.72. The molecule has 0 heterocycles. The van der Waals surface area contributed by atoms with Gasteiger partial charge in [0.2, 0.25) is 0 Å². The molecule has 5 rings (SSSR count). The Balaban J connectivity index is 1.85. The van der Waals surface area contributed by atoms with Gasteiger partial charge in [-0.25, -0.2) is 0 Å². The molecule has 3 nitrogen and oxygen atoms in total. The Hall–Kier alpha value is -3.46. The summed E-state index contributed by atoms with van der Waals surface area (Å²) in [6.07, 6.45) is 4.50. The maximum absolute atomic E-state index is 11.1. The van der Waals surface area contributed by atoms with E-state index in [1.54, 1.807) is 12.1 Å². The van der Waals surface area contributed by atoms with Crippen molar-refractivity contribution in [2.75, 3.05) is 0 Å². The third kappa shape index (κ3) is 2.99. The Kier molecular flexibility index (Phi) is 4.36. The molecule has 4 aromatic carbocycles. The van der Waals surface area contributed by atoms with Crippen molar-refractivity contribution in [1.82, 2.24) is 0 Å². The van der Waals surface area contributed by atoms with Crippen LogP contribution in [-0.4, -0.2) is 4.92 Å². The van der Waals surface area contributed by atoms with Gasteiger partial charge in [0.15, 0.2) is 0 Å². The first kappa shape index (κ1) is 17.6. The van der Waals surface area contributed by atoms with Crippen molar-refractivity contribution in [2.24, 2.45) is 0 Å². The van der Waals surface area contributed by atoms with Crippen LogP contribution in [0.2, 0.25) is 0 Å². The second-order valence-corrected chi connectivity index (χ2v) is 7.63. The van der Waals surface area contributed by atoms with Gasteiger partial charge in [0.1, 0.15) is 0 Å². The molecule has 0 bridgehead atoms. The number of hydrogen-bond acceptors (Lipinski definition) is 2. The van der Waals surface area contributed by atoms with E-state index in [-0.39, 0.29) is 10.6 Å². The fourth-order valence-electron chi connectivity index (χ4n) is 4.72. The minimum absolute atomic E-state index is 0.132. The molecule has 0 aromatic heterocycles. The Morgan fingerprint density at radius 1 is 0.621 bits per heavy atom. The van der Waals surface area contributed by atoms with Crippen molar-refractivity contribution < 1.29 is 4.92 Å². The van der Waals surface area contributed by atoms with Crippen LogP contribution in [-0.2, 0) is 12.8 Å². The number of nitro groups is 1. The van der Waals surface area contributed by atoms with Gasteiger partial charge in [0.05, 0.1) is 4.92 Å². The van der Waals surface area contributed by atoms with Crippen LogP contribution < -0.4 is 0 Å². The van der Waals surface area contributed by atoms with Crippen molar-refractivity contribution >= 4 is 16.5 Å². The van der Waals surface area contributed by atoms with E-state index in [0.717, 1.165) is 18.4 Å². The number of benzene rings is 4. The molecule has 0 saturated carbocycles. The number of fused-ring (bicyclic) bond motifs is 2. The molecule has 0 saturated heterocycles. The molecule has 1 aliphatic carbocycles. The molecule has 0 aliphatic heterocycles. The van der Waals surface area contributed by atoms with E-state index >= 15 is 0 Å². The molecule has 142 valence electrons. The zero-order valence-corrected chi connectivity index (χ0v) is 16.1. The molecule has 29 heavy (non-hydrogen) atoms. The zero-order chi connectivity index (χ0) is 19.8. The Morgan fingerprint density at radius 2 is 1.10 bits per heavy atom. The lowest BCUT2D eigenvalue weighted by Gasteiger charge is -2.26. The van der Waals surface area contributed by atoms with E-state index in [2.05, 4.69) is 54.6 Å². The normalized spacial score (nSPS) is 13.2. The first-order chi connectivity index (χ1) is 14.2. The van der Waals surface area contributed by atoms with Gasteiger partial charge in [-0.05, 0) is 82.0 Å². The number of non-ortho nitro benzene ring substituents is 1. The van der Waals surface area contributed by atoms with Crippen molar-refractivity contribution in [3.8, 4) is 22.3 Å². The van der Waals surface area contributed by atoms with Gasteiger partial charge < -0.3 is 0 Å². The van der Waals surface area contributed by atoms with Gasteiger partial charge in [-0.1, -0.05) is 54.6 Å². The highest BCUT2D eigenvalue weighted by Crippen LogP contribution is 2.44. The molecule has 3 heteroatoms.